The molecular formula is C26H34N4O2. The fourth-order valence-corrected chi connectivity index (χ4v) is 5.65. The molecule has 0 unspecified atom stereocenters. The number of likely N-dealkylation sites (tertiary alicyclic amines) is 1. The maximum Gasteiger partial charge on any atom is 0.233 e. The van der Waals surface area contributed by atoms with Crippen LogP contribution in [0, 0.1) is 6.92 Å². The predicted molar refractivity (Wildman–Crippen MR) is 125 cm³/mol. The van der Waals surface area contributed by atoms with Gasteiger partial charge in [0.25, 0.3) is 0 Å². The van der Waals surface area contributed by atoms with Gasteiger partial charge in [0.2, 0.25) is 5.91 Å². The normalized spacial score (nSPS) is 22.2. The third-order valence-electron chi connectivity index (χ3n) is 7.50. The molecule has 32 heavy (non-hydrogen) atoms. The zero-order chi connectivity index (χ0) is 22.1. The van der Waals surface area contributed by atoms with E-state index in [-0.39, 0.29) is 5.91 Å². The van der Waals surface area contributed by atoms with Gasteiger partial charge in [0.1, 0.15) is 17.4 Å². The number of methoxy groups -OCH3 is 1. The van der Waals surface area contributed by atoms with E-state index in [9.17, 15) is 4.79 Å². The molecule has 2 aromatic rings. The molecule has 170 valence electrons. The molecule has 1 aromatic heterocycles. The average Bonchev–Trinajstić information content (AvgIpc) is 3.16. The summed E-state index contributed by atoms with van der Waals surface area (Å²) < 4.78 is 5.26. The van der Waals surface area contributed by atoms with Gasteiger partial charge in [-0.15, -0.1) is 0 Å². The number of aromatic nitrogens is 2. The Kier molecular flexibility index (Phi) is 6.13. The van der Waals surface area contributed by atoms with Gasteiger partial charge >= 0.3 is 0 Å². The molecule has 3 heterocycles. The van der Waals surface area contributed by atoms with Gasteiger partial charge in [0, 0.05) is 29.8 Å². The molecule has 1 saturated heterocycles. The van der Waals surface area contributed by atoms with Gasteiger partial charge in [-0.3, -0.25) is 14.6 Å². The highest BCUT2D eigenvalue weighted by Crippen LogP contribution is 2.35. The number of anilines is 1. The smallest absolute Gasteiger partial charge is 0.233 e. The predicted octanol–water partition coefficient (Wildman–Crippen LogP) is 4.40. The van der Waals surface area contributed by atoms with Crippen molar-refractivity contribution >= 4 is 11.7 Å². The largest absolute Gasteiger partial charge is 0.497 e. The van der Waals surface area contributed by atoms with Crippen LogP contribution in [-0.2, 0) is 17.8 Å². The molecule has 3 aliphatic rings. The first-order valence-corrected chi connectivity index (χ1v) is 12.2. The van der Waals surface area contributed by atoms with Crippen molar-refractivity contribution in [1.82, 2.24) is 14.9 Å². The Morgan fingerprint density at radius 3 is 2.56 bits per heavy atom. The van der Waals surface area contributed by atoms with E-state index < -0.39 is 0 Å². The first-order chi connectivity index (χ1) is 15.6. The Balaban J connectivity index is 1.37. The maximum absolute atomic E-state index is 12.9. The number of hydrogen-bond acceptors (Lipinski definition) is 5. The van der Waals surface area contributed by atoms with Crippen LogP contribution in [0.1, 0.15) is 73.5 Å². The van der Waals surface area contributed by atoms with Crippen molar-refractivity contribution in [1.29, 1.82) is 0 Å². The number of carbonyl (C=O) groups excluding carboxylic acids is 1. The maximum atomic E-state index is 12.9. The number of hydrogen-bond donors (Lipinski definition) is 0. The summed E-state index contributed by atoms with van der Waals surface area (Å²) in [6, 6.07) is 8.64. The topological polar surface area (TPSA) is 58.6 Å². The number of amides is 1. The summed E-state index contributed by atoms with van der Waals surface area (Å²) in [7, 11) is 1.66. The quantitative estimate of drug-likeness (QED) is 0.698. The van der Waals surface area contributed by atoms with E-state index in [1.54, 1.807) is 7.11 Å². The second-order valence-corrected chi connectivity index (χ2v) is 9.60. The summed E-state index contributed by atoms with van der Waals surface area (Å²) in [4.78, 5) is 27.4. The Morgan fingerprint density at radius 1 is 1.03 bits per heavy atom. The van der Waals surface area contributed by atoms with Gasteiger partial charge in [0.15, 0.2) is 0 Å². The van der Waals surface area contributed by atoms with Crippen LogP contribution in [0.15, 0.2) is 24.3 Å². The molecule has 5 rings (SSSR count). The van der Waals surface area contributed by atoms with Crippen molar-refractivity contribution < 1.29 is 9.53 Å². The molecule has 0 spiro atoms. The molecule has 1 aliphatic carbocycles. The molecule has 1 aromatic carbocycles. The number of aryl methyl sites for hydroxylation is 1. The van der Waals surface area contributed by atoms with Crippen molar-refractivity contribution in [2.75, 3.05) is 25.1 Å². The second-order valence-electron chi connectivity index (χ2n) is 9.60. The fourth-order valence-electron chi connectivity index (χ4n) is 5.65. The standard InChI is InChI=1S/C26H34N4O2/c1-18-23-15-24(31)30(16-19-10-12-22(32-2)13-11-19)26(23)28-25(27-18)20-7-6-14-29(17-20)21-8-4-3-5-9-21/h10-13,20-21H,3-9,14-17H2,1-2H3/t20-/m1/s1. The molecular weight excluding hydrogens is 400 g/mol. The van der Waals surface area contributed by atoms with Crippen LogP contribution >= 0.6 is 0 Å². The third kappa shape index (κ3) is 4.25. The summed E-state index contributed by atoms with van der Waals surface area (Å²) in [6.07, 6.45) is 9.52. The number of piperidine rings is 1. The lowest BCUT2D eigenvalue weighted by atomic mass is 9.90. The van der Waals surface area contributed by atoms with E-state index in [1.807, 2.05) is 36.1 Å². The van der Waals surface area contributed by atoms with E-state index in [0.717, 1.165) is 53.2 Å². The van der Waals surface area contributed by atoms with Gasteiger partial charge in [-0.25, -0.2) is 9.97 Å². The highest BCUT2D eigenvalue weighted by molar-refractivity contribution is 6.00. The second kappa shape index (κ2) is 9.18. The van der Waals surface area contributed by atoms with Gasteiger partial charge in [0.05, 0.1) is 20.1 Å². The van der Waals surface area contributed by atoms with Crippen LogP contribution in [0.2, 0.25) is 0 Å². The van der Waals surface area contributed by atoms with Gasteiger partial charge in [-0.05, 0) is 56.8 Å². The summed E-state index contributed by atoms with van der Waals surface area (Å²) >= 11 is 0. The van der Waals surface area contributed by atoms with E-state index in [4.69, 9.17) is 14.7 Å². The van der Waals surface area contributed by atoms with Crippen LogP contribution in [0.5, 0.6) is 5.75 Å². The summed E-state index contributed by atoms with van der Waals surface area (Å²) in [5.41, 5.74) is 3.03. The van der Waals surface area contributed by atoms with Gasteiger partial charge in [-0.2, -0.15) is 0 Å². The molecule has 6 nitrogen and oxygen atoms in total. The van der Waals surface area contributed by atoms with E-state index >= 15 is 0 Å². The lowest BCUT2D eigenvalue weighted by Gasteiger charge is -2.39. The van der Waals surface area contributed by atoms with Crippen molar-refractivity contribution in [2.45, 2.75) is 76.8 Å². The van der Waals surface area contributed by atoms with Crippen LogP contribution < -0.4 is 9.64 Å². The monoisotopic (exact) mass is 434 g/mol. The summed E-state index contributed by atoms with van der Waals surface area (Å²) in [5, 5.41) is 0. The van der Waals surface area contributed by atoms with Crippen molar-refractivity contribution in [3.8, 4) is 5.75 Å². The van der Waals surface area contributed by atoms with Crippen molar-refractivity contribution in [3.05, 3.63) is 46.9 Å². The molecule has 6 heteroatoms. The van der Waals surface area contributed by atoms with Crippen molar-refractivity contribution in [3.63, 3.8) is 0 Å². The van der Waals surface area contributed by atoms with E-state index in [2.05, 4.69) is 4.90 Å². The van der Waals surface area contributed by atoms with Crippen LogP contribution in [0.25, 0.3) is 0 Å². The zero-order valence-corrected chi connectivity index (χ0v) is 19.3. The van der Waals surface area contributed by atoms with E-state index in [1.165, 1.54) is 45.1 Å². The number of ether oxygens (including phenoxy) is 1. The van der Waals surface area contributed by atoms with Crippen molar-refractivity contribution in [2.24, 2.45) is 0 Å². The number of carbonyl (C=O) groups is 1. The molecule has 0 N–H and O–H groups in total. The number of benzene rings is 1. The van der Waals surface area contributed by atoms with Gasteiger partial charge < -0.3 is 4.74 Å². The third-order valence-corrected chi connectivity index (χ3v) is 7.50. The van der Waals surface area contributed by atoms with E-state index in [0.29, 0.717) is 18.9 Å². The molecule has 0 radical (unpaired) electrons. The summed E-state index contributed by atoms with van der Waals surface area (Å²) in [6.45, 7) is 4.82. The van der Waals surface area contributed by atoms with Gasteiger partial charge in [-0.1, -0.05) is 31.4 Å². The Labute approximate surface area is 191 Å². The minimum absolute atomic E-state index is 0.109. The first kappa shape index (κ1) is 21.4. The highest BCUT2D eigenvalue weighted by atomic mass is 16.5. The van der Waals surface area contributed by atoms with Crippen LogP contribution in [0.3, 0.4) is 0 Å². The Morgan fingerprint density at radius 2 is 1.81 bits per heavy atom. The highest BCUT2D eigenvalue weighted by Gasteiger charge is 2.34. The minimum Gasteiger partial charge on any atom is -0.497 e. The first-order valence-electron chi connectivity index (χ1n) is 12.2. The Bertz CT molecular complexity index is 969. The minimum atomic E-state index is 0.109. The number of nitrogens with zero attached hydrogens (tertiary/aromatic N) is 4. The average molecular weight is 435 g/mol. The zero-order valence-electron chi connectivity index (χ0n) is 19.3. The molecule has 1 amide bonds. The molecule has 2 aliphatic heterocycles. The molecule has 0 bridgehead atoms. The molecule has 1 atom stereocenters. The number of rotatable bonds is 5. The molecule has 1 saturated carbocycles. The van der Waals surface area contributed by atoms with Crippen LogP contribution in [-0.4, -0.2) is 47.0 Å². The number of fused-ring (bicyclic) bond motifs is 1. The molecule has 2 fully saturated rings. The Hall–Kier alpha value is -2.47. The van der Waals surface area contributed by atoms with Crippen LogP contribution in [0.4, 0.5) is 5.82 Å². The summed E-state index contributed by atoms with van der Waals surface area (Å²) in [5.74, 6) is 3.03. The lowest BCUT2D eigenvalue weighted by Crippen LogP contribution is -2.43. The lowest BCUT2D eigenvalue weighted by molar-refractivity contribution is -0.117. The SMILES string of the molecule is COc1ccc(CN2C(=O)Cc3c(C)nc([C@@H]4CCCN(C5CCCCC5)C4)nc32)cc1. The fraction of sp³-hybridized carbons (Fsp3) is 0.577.